The van der Waals surface area contributed by atoms with Gasteiger partial charge in [0.2, 0.25) is 0 Å². The number of aromatic nitrogens is 3. The number of pyridine rings is 1. The summed E-state index contributed by atoms with van der Waals surface area (Å²) in [4.78, 5) is 42.1. The third-order valence-electron chi connectivity index (χ3n) is 4.30. The first kappa shape index (κ1) is 17.9. The molecule has 3 rings (SSSR count). The van der Waals surface area contributed by atoms with Crippen molar-refractivity contribution in [2.45, 2.75) is 6.61 Å². The number of hydrogen-bond acceptors (Lipinski definition) is 7. The fraction of sp³-hybridized carbons (Fsp3) is 0.412. The molecule has 0 spiro atoms. The minimum Gasteiger partial charge on any atom is -0.456 e. The number of carbonyl (C=O) groups is 1. The Balaban J connectivity index is 1.67. The van der Waals surface area contributed by atoms with E-state index in [1.165, 1.54) is 30.9 Å². The van der Waals surface area contributed by atoms with Crippen molar-refractivity contribution in [2.24, 2.45) is 14.1 Å². The van der Waals surface area contributed by atoms with Crippen LogP contribution < -0.4 is 16.1 Å². The minimum atomic E-state index is -0.570. The van der Waals surface area contributed by atoms with Crippen molar-refractivity contribution in [3.05, 3.63) is 56.5 Å². The van der Waals surface area contributed by atoms with Crippen LogP contribution in [0.1, 0.15) is 16.1 Å². The quantitative estimate of drug-likeness (QED) is 0.689. The molecule has 1 saturated heterocycles. The van der Waals surface area contributed by atoms with Gasteiger partial charge in [0.1, 0.15) is 12.4 Å². The van der Waals surface area contributed by atoms with Crippen LogP contribution in [0, 0.1) is 0 Å². The number of anilines is 1. The zero-order chi connectivity index (χ0) is 18.7. The number of carbonyl (C=O) groups excluding carboxylic acids is 1. The molecule has 9 heteroatoms. The van der Waals surface area contributed by atoms with E-state index in [0.29, 0.717) is 24.5 Å². The lowest BCUT2D eigenvalue weighted by molar-refractivity contribution is 0.0462. The summed E-state index contributed by atoms with van der Waals surface area (Å²) in [5.41, 5.74) is -0.295. The number of rotatable bonds is 4. The van der Waals surface area contributed by atoms with Crippen LogP contribution in [0.4, 0.5) is 5.82 Å². The van der Waals surface area contributed by atoms with Gasteiger partial charge in [-0.2, -0.15) is 0 Å². The molecular weight excluding hydrogens is 340 g/mol. The smallest absolute Gasteiger partial charge is 0.340 e. The predicted octanol–water partition coefficient (Wildman–Crippen LogP) is -0.327. The molecule has 9 nitrogen and oxygen atoms in total. The van der Waals surface area contributed by atoms with Crippen molar-refractivity contribution in [3.8, 4) is 0 Å². The zero-order valence-electron chi connectivity index (χ0n) is 14.7. The van der Waals surface area contributed by atoms with Crippen molar-refractivity contribution < 1.29 is 14.3 Å². The molecule has 2 aromatic heterocycles. The summed E-state index contributed by atoms with van der Waals surface area (Å²) in [7, 11) is 2.91. The summed E-state index contributed by atoms with van der Waals surface area (Å²) in [5.74, 6) is 0.206. The van der Waals surface area contributed by atoms with Gasteiger partial charge in [0.05, 0.1) is 24.5 Å². The maximum absolute atomic E-state index is 12.2. The van der Waals surface area contributed by atoms with E-state index in [-0.39, 0.29) is 6.61 Å². The summed E-state index contributed by atoms with van der Waals surface area (Å²) < 4.78 is 12.8. The van der Waals surface area contributed by atoms with Gasteiger partial charge >= 0.3 is 11.7 Å². The van der Waals surface area contributed by atoms with Gasteiger partial charge in [-0.05, 0) is 12.1 Å². The SMILES string of the molecule is Cn1c(COC(=O)c2ccc(N3CCOCC3)nc2)cc(=O)n(C)c1=O. The molecule has 0 aromatic carbocycles. The molecule has 0 unspecified atom stereocenters. The summed E-state index contributed by atoms with van der Waals surface area (Å²) >= 11 is 0. The maximum Gasteiger partial charge on any atom is 0.340 e. The Kier molecular flexibility index (Phi) is 5.17. The van der Waals surface area contributed by atoms with Crippen LogP contribution in [0.25, 0.3) is 0 Å². The topological polar surface area (TPSA) is 95.7 Å². The Morgan fingerprint density at radius 1 is 1.19 bits per heavy atom. The molecule has 0 bridgehead atoms. The third-order valence-corrected chi connectivity index (χ3v) is 4.30. The van der Waals surface area contributed by atoms with Crippen molar-refractivity contribution in [1.29, 1.82) is 0 Å². The Hall–Kier alpha value is -2.94. The van der Waals surface area contributed by atoms with Crippen LogP contribution >= 0.6 is 0 Å². The van der Waals surface area contributed by atoms with Crippen LogP contribution in [-0.2, 0) is 30.2 Å². The van der Waals surface area contributed by atoms with E-state index in [4.69, 9.17) is 9.47 Å². The second kappa shape index (κ2) is 7.52. The molecule has 0 atom stereocenters. The van der Waals surface area contributed by atoms with E-state index in [9.17, 15) is 14.4 Å². The minimum absolute atomic E-state index is 0.175. The molecule has 0 saturated carbocycles. The molecular formula is C17H20N4O5. The predicted molar refractivity (Wildman–Crippen MR) is 93.3 cm³/mol. The molecule has 0 amide bonds. The summed E-state index contributed by atoms with van der Waals surface area (Å²) in [6.07, 6.45) is 1.45. The molecule has 2 aromatic rings. The third kappa shape index (κ3) is 3.67. The van der Waals surface area contributed by atoms with Crippen molar-refractivity contribution >= 4 is 11.8 Å². The normalized spacial score (nSPS) is 14.3. The van der Waals surface area contributed by atoms with Gasteiger partial charge in [0, 0.05) is 39.4 Å². The van der Waals surface area contributed by atoms with Crippen LogP contribution in [0.15, 0.2) is 34.0 Å². The first-order valence-corrected chi connectivity index (χ1v) is 8.19. The van der Waals surface area contributed by atoms with E-state index < -0.39 is 17.2 Å². The number of hydrogen-bond donors (Lipinski definition) is 0. The summed E-state index contributed by atoms with van der Waals surface area (Å²) in [6.45, 7) is 2.65. The second-order valence-electron chi connectivity index (χ2n) is 5.96. The highest BCUT2D eigenvalue weighted by molar-refractivity contribution is 5.89. The average Bonchev–Trinajstić information content (AvgIpc) is 2.68. The van der Waals surface area contributed by atoms with Gasteiger partial charge in [-0.25, -0.2) is 14.6 Å². The lowest BCUT2D eigenvalue weighted by atomic mass is 10.2. The highest BCUT2D eigenvalue weighted by Crippen LogP contribution is 2.14. The van der Waals surface area contributed by atoms with Crippen molar-refractivity contribution in [2.75, 3.05) is 31.2 Å². The molecule has 0 aliphatic carbocycles. The van der Waals surface area contributed by atoms with Crippen molar-refractivity contribution in [1.82, 2.24) is 14.1 Å². The largest absolute Gasteiger partial charge is 0.456 e. The monoisotopic (exact) mass is 360 g/mol. The maximum atomic E-state index is 12.2. The second-order valence-corrected chi connectivity index (χ2v) is 5.96. The van der Waals surface area contributed by atoms with Crippen molar-refractivity contribution in [3.63, 3.8) is 0 Å². The van der Waals surface area contributed by atoms with E-state index in [0.717, 1.165) is 23.5 Å². The average molecular weight is 360 g/mol. The fourth-order valence-corrected chi connectivity index (χ4v) is 2.63. The van der Waals surface area contributed by atoms with Crippen LogP contribution in [0.3, 0.4) is 0 Å². The molecule has 26 heavy (non-hydrogen) atoms. The number of esters is 1. The molecule has 1 fully saturated rings. The highest BCUT2D eigenvalue weighted by Gasteiger charge is 2.15. The van der Waals surface area contributed by atoms with E-state index in [1.54, 1.807) is 12.1 Å². The van der Waals surface area contributed by atoms with E-state index in [2.05, 4.69) is 9.88 Å². The van der Waals surface area contributed by atoms with Crippen LogP contribution in [0.2, 0.25) is 0 Å². The van der Waals surface area contributed by atoms with Crippen LogP contribution in [-0.4, -0.2) is 46.4 Å². The molecule has 1 aliphatic heterocycles. The Labute approximate surface area is 149 Å². The highest BCUT2D eigenvalue weighted by atomic mass is 16.5. The van der Waals surface area contributed by atoms with Gasteiger partial charge < -0.3 is 14.4 Å². The first-order chi connectivity index (χ1) is 12.5. The zero-order valence-corrected chi connectivity index (χ0v) is 14.7. The standard InChI is InChI=1S/C17H20N4O5/c1-19-13(9-15(22)20(2)17(19)24)11-26-16(23)12-3-4-14(18-10-12)21-5-7-25-8-6-21/h3-4,9-10H,5-8,11H2,1-2H3. The molecule has 0 N–H and O–H groups in total. The molecule has 1 aliphatic rings. The molecule has 0 radical (unpaired) electrons. The Morgan fingerprint density at radius 2 is 1.92 bits per heavy atom. The van der Waals surface area contributed by atoms with Gasteiger partial charge in [-0.1, -0.05) is 0 Å². The van der Waals surface area contributed by atoms with Crippen LogP contribution in [0.5, 0.6) is 0 Å². The molecule has 3 heterocycles. The number of morpholine rings is 1. The fourth-order valence-electron chi connectivity index (χ4n) is 2.63. The number of nitrogens with zero attached hydrogens (tertiary/aromatic N) is 4. The Morgan fingerprint density at radius 3 is 2.58 bits per heavy atom. The van der Waals surface area contributed by atoms with E-state index >= 15 is 0 Å². The molecule has 138 valence electrons. The van der Waals surface area contributed by atoms with Gasteiger partial charge in [-0.15, -0.1) is 0 Å². The Bertz CT molecular complexity index is 910. The lowest BCUT2D eigenvalue weighted by Crippen LogP contribution is -2.38. The first-order valence-electron chi connectivity index (χ1n) is 8.19. The summed E-state index contributed by atoms with van der Waals surface area (Å²) in [5, 5.41) is 0. The number of ether oxygens (including phenoxy) is 2. The summed E-state index contributed by atoms with van der Waals surface area (Å²) in [6, 6.07) is 4.67. The van der Waals surface area contributed by atoms with Gasteiger partial charge in [0.15, 0.2) is 0 Å². The van der Waals surface area contributed by atoms with E-state index in [1.807, 2.05) is 0 Å². The van der Waals surface area contributed by atoms with Gasteiger partial charge in [0.25, 0.3) is 5.56 Å². The lowest BCUT2D eigenvalue weighted by Gasteiger charge is -2.27. The van der Waals surface area contributed by atoms with Gasteiger partial charge in [-0.3, -0.25) is 13.9 Å².